The molecule has 0 radical (unpaired) electrons. The van der Waals surface area contributed by atoms with Gasteiger partial charge >= 0.3 is 6.03 Å². The molecule has 116 valence electrons. The Labute approximate surface area is 138 Å². The maximum Gasteiger partial charge on any atom is 0.322 e. The molecule has 1 N–H and O–H groups in total. The van der Waals surface area contributed by atoms with Crippen LogP contribution in [0.5, 0.6) is 0 Å². The smallest absolute Gasteiger partial charge is 0.322 e. The first-order chi connectivity index (χ1) is 10.5. The van der Waals surface area contributed by atoms with Crippen molar-refractivity contribution in [2.24, 2.45) is 7.05 Å². The Morgan fingerprint density at radius 3 is 2.77 bits per heavy atom. The molecule has 1 aliphatic carbocycles. The molecule has 22 heavy (non-hydrogen) atoms. The Hall–Kier alpha value is -1.72. The van der Waals surface area contributed by atoms with Crippen molar-refractivity contribution in [3.05, 3.63) is 46.5 Å². The van der Waals surface area contributed by atoms with Crippen molar-refractivity contribution in [3.8, 4) is 0 Å². The van der Waals surface area contributed by atoms with Gasteiger partial charge in [0, 0.05) is 31.2 Å². The molecular formula is C15H16Cl2N4O. The minimum Gasteiger partial charge on any atom is -0.337 e. The fourth-order valence-corrected chi connectivity index (χ4v) is 2.52. The summed E-state index contributed by atoms with van der Waals surface area (Å²) in [6.07, 6.45) is 5.66. The van der Waals surface area contributed by atoms with Crippen molar-refractivity contribution in [2.45, 2.75) is 25.4 Å². The summed E-state index contributed by atoms with van der Waals surface area (Å²) in [6.45, 7) is 0.487. The van der Waals surface area contributed by atoms with Crippen LogP contribution in [0.4, 0.5) is 10.5 Å². The van der Waals surface area contributed by atoms with Gasteiger partial charge in [-0.05, 0) is 31.0 Å². The Kier molecular flexibility index (Phi) is 4.27. The molecule has 5 nitrogen and oxygen atoms in total. The van der Waals surface area contributed by atoms with Crippen molar-refractivity contribution in [3.63, 3.8) is 0 Å². The fraction of sp³-hybridized carbons (Fsp3) is 0.333. The van der Waals surface area contributed by atoms with Gasteiger partial charge in [-0.1, -0.05) is 23.2 Å². The lowest BCUT2D eigenvalue weighted by Gasteiger charge is -2.22. The zero-order valence-electron chi connectivity index (χ0n) is 12.1. The Morgan fingerprint density at radius 1 is 1.41 bits per heavy atom. The molecule has 0 spiro atoms. The van der Waals surface area contributed by atoms with Crippen LogP contribution in [-0.2, 0) is 13.6 Å². The van der Waals surface area contributed by atoms with E-state index >= 15 is 0 Å². The minimum absolute atomic E-state index is 0.149. The third-order valence-electron chi connectivity index (χ3n) is 3.65. The van der Waals surface area contributed by atoms with E-state index in [9.17, 15) is 4.79 Å². The van der Waals surface area contributed by atoms with Crippen LogP contribution in [0.25, 0.3) is 0 Å². The molecule has 2 aromatic rings. The number of aromatic nitrogens is 2. The second-order valence-corrected chi connectivity index (χ2v) is 6.19. The van der Waals surface area contributed by atoms with Crippen LogP contribution in [0, 0.1) is 0 Å². The highest BCUT2D eigenvalue weighted by Gasteiger charge is 2.33. The largest absolute Gasteiger partial charge is 0.337 e. The highest BCUT2D eigenvalue weighted by atomic mass is 35.5. The molecular weight excluding hydrogens is 323 g/mol. The van der Waals surface area contributed by atoms with Crippen molar-refractivity contribution in [1.29, 1.82) is 0 Å². The van der Waals surface area contributed by atoms with Crippen LogP contribution in [0.2, 0.25) is 10.0 Å². The van der Waals surface area contributed by atoms with E-state index in [2.05, 4.69) is 10.3 Å². The summed E-state index contributed by atoms with van der Waals surface area (Å²) in [5.41, 5.74) is 0.630. The Morgan fingerprint density at radius 2 is 2.18 bits per heavy atom. The SMILES string of the molecule is Cn1ccnc1CN(C(=O)Nc1ccc(Cl)c(Cl)c1)C1CC1. The van der Waals surface area contributed by atoms with E-state index in [0.717, 1.165) is 18.7 Å². The highest BCUT2D eigenvalue weighted by molar-refractivity contribution is 6.42. The number of benzene rings is 1. The van der Waals surface area contributed by atoms with E-state index in [1.807, 2.05) is 22.7 Å². The first kappa shape index (κ1) is 15.2. The molecule has 1 aliphatic rings. The van der Waals surface area contributed by atoms with E-state index < -0.39 is 0 Å². The fourth-order valence-electron chi connectivity index (χ4n) is 2.22. The average Bonchev–Trinajstić information content (AvgIpc) is 3.24. The summed E-state index contributed by atoms with van der Waals surface area (Å²) in [5, 5.41) is 3.75. The molecule has 1 aromatic heterocycles. The summed E-state index contributed by atoms with van der Waals surface area (Å²) < 4.78 is 1.92. The molecule has 0 aliphatic heterocycles. The normalized spacial score (nSPS) is 14.0. The monoisotopic (exact) mass is 338 g/mol. The summed E-state index contributed by atoms with van der Waals surface area (Å²) in [5.74, 6) is 0.858. The van der Waals surface area contributed by atoms with Gasteiger partial charge in [0.25, 0.3) is 0 Å². The van der Waals surface area contributed by atoms with Crippen molar-refractivity contribution in [1.82, 2.24) is 14.5 Å². The van der Waals surface area contributed by atoms with E-state index in [-0.39, 0.29) is 12.1 Å². The number of amides is 2. The molecule has 0 unspecified atom stereocenters. The number of nitrogens with zero attached hydrogens (tertiary/aromatic N) is 3. The Bertz CT molecular complexity index is 697. The van der Waals surface area contributed by atoms with Crippen LogP contribution in [0.15, 0.2) is 30.6 Å². The molecule has 0 saturated heterocycles. The molecule has 1 heterocycles. The third kappa shape index (κ3) is 3.36. The van der Waals surface area contributed by atoms with E-state index in [4.69, 9.17) is 23.2 Å². The van der Waals surface area contributed by atoms with E-state index in [1.165, 1.54) is 0 Å². The number of aryl methyl sites for hydroxylation is 1. The van der Waals surface area contributed by atoms with Gasteiger partial charge in [-0.15, -0.1) is 0 Å². The molecule has 3 rings (SSSR count). The quantitative estimate of drug-likeness (QED) is 0.918. The lowest BCUT2D eigenvalue weighted by molar-refractivity contribution is 0.204. The summed E-state index contributed by atoms with van der Waals surface area (Å²) in [6, 6.07) is 5.18. The van der Waals surface area contributed by atoms with E-state index in [0.29, 0.717) is 22.3 Å². The van der Waals surface area contributed by atoms with Crippen molar-refractivity contribution in [2.75, 3.05) is 5.32 Å². The minimum atomic E-state index is -0.149. The number of hydrogen-bond donors (Lipinski definition) is 1. The van der Waals surface area contributed by atoms with Gasteiger partial charge < -0.3 is 14.8 Å². The first-order valence-corrected chi connectivity index (χ1v) is 7.79. The third-order valence-corrected chi connectivity index (χ3v) is 4.39. The zero-order valence-corrected chi connectivity index (χ0v) is 13.6. The molecule has 1 aromatic carbocycles. The molecule has 2 amide bonds. The number of anilines is 1. The zero-order chi connectivity index (χ0) is 15.7. The lowest BCUT2D eigenvalue weighted by Crippen LogP contribution is -2.37. The van der Waals surface area contributed by atoms with Gasteiger partial charge in [-0.25, -0.2) is 9.78 Å². The predicted octanol–water partition coefficient (Wildman–Crippen LogP) is 3.92. The van der Waals surface area contributed by atoms with Gasteiger partial charge in [0.1, 0.15) is 5.82 Å². The molecule has 7 heteroatoms. The second-order valence-electron chi connectivity index (χ2n) is 5.37. The maximum absolute atomic E-state index is 12.5. The molecule has 1 saturated carbocycles. The van der Waals surface area contributed by atoms with Crippen LogP contribution >= 0.6 is 23.2 Å². The Balaban J connectivity index is 1.72. The second kappa shape index (κ2) is 6.18. The first-order valence-electron chi connectivity index (χ1n) is 7.03. The molecule has 1 fully saturated rings. The average molecular weight is 339 g/mol. The topological polar surface area (TPSA) is 50.2 Å². The molecule has 0 atom stereocenters. The van der Waals surface area contributed by atoms with Crippen molar-refractivity contribution < 1.29 is 4.79 Å². The number of halogens is 2. The van der Waals surface area contributed by atoms with Crippen LogP contribution in [-0.4, -0.2) is 26.5 Å². The number of urea groups is 1. The van der Waals surface area contributed by atoms with Gasteiger partial charge in [0.15, 0.2) is 0 Å². The summed E-state index contributed by atoms with van der Waals surface area (Å²) in [7, 11) is 1.92. The van der Waals surface area contributed by atoms with E-state index in [1.54, 1.807) is 24.4 Å². The van der Waals surface area contributed by atoms with Crippen LogP contribution in [0.3, 0.4) is 0 Å². The highest BCUT2D eigenvalue weighted by Crippen LogP contribution is 2.30. The number of carbonyl (C=O) groups excluding carboxylic acids is 1. The number of hydrogen-bond acceptors (Lipinski definition) is 2. The van der Waals surface area contributed by atoms with Gasteiger partial charge in [-0.3, -0.25) is 0 Å². The van der Waals surface area contributed by atoms with Crippen LogP contribution in [0.1, 0.15) is 18.7 Å². The summed E-state index contributed by atoms with van der Waals surface area (Å²) >= 11 is 11.9. The standard InChI is InChI=1S/C15H16Cl2N4O/c1-20-7-6-18-14(20)9-21(11-3-4-11)15(22)19-10-2-5-12(16)13(17)8-10/h2,5-8,11H,3-4,9H2,1H3,(H,19,22). The van der Waals surface area contributed by atoms with Crippen molar-refractivity contribution >= 4 is 34.9 Å². The number of imidazole rings is 1. The lowest BCUT2D eigenvalue weighted by atomic mass is 10.3. The van der Waals surface area contributed by atoms with Crippen LogP contribution < -0.4 is 5.32 Å². The number of nitrogens with one attached hydrogen (secondary N) is 1. The van der Waals surface area contributed by atoms with Gasteiger partial charge in [0.2, 0.25) is 0 Å². The number of rotatable bonds is 4. The number of carbonyl (C=O) groups is 1. The van der Waals surface area contributed by atoms with Gasteiger partial charge in [-0.2, -0.15) is 0 Å². The summed E-state index contributed by atoms with van der Waals surface area (Å²) in [4.78, 5) is 18.6. The maximum atomic E-state index is 12.5. The molecule has 0 bridgehead atoms. The predicted molar refractivity (Wildman–Crippen MR) is 87.3 cm³/mol. The van der Waals surface area contributed by atoms with Gasteiger partial charge in [0.05, 0.1) is 16.6 Å².